The van der Waals surface area contributed by atoms with Gasteiger partial charge in [-0.15, -0.1) is 0 Å². The molecule has 1 aliphatic carbocycles. The lowest BCUT2D eigenvalue weighted by atomic mass is 9.77. The Balaban J connectivity index is 2.41. The summed E-state index contributed by atoms with van der Waals surface area (Å²) in [6.07, 6.45) is 2.07. The molecule has 18 heavy (non-hydrogen) atoms. The molecule has 1 amide bonds. The maximum Gasteiger partial charge on any atom is 0.329 e. The number of carbonyl (C=O) groups is 2. The number of likely N-dealkylation sites (N-methyl/N-ethyl adjacent to an activating group) is 1. The molecule has 5 heteroatoms. The Morgan fingerprint density at radius 3 is 2.83 bits per heavy atom. The van der Waals surface area contributed by atoms with E-state index in [1.807, 2.05) is 18.2 Å². The standard InChI is InChI=1S/C13H14BrNO3/c1-15(8-16)13(12(17)18)5-4-9-6-11(14)3-2-10(9)7-13/h2-3,6,8H,4-5,7H2,1H3,(H,17,18). The number of carbonyl (C=O) groups excluding carboxylic acids is 1. The number of hydrogen-bond donors (Lipinski definition) is 1. The number of nitrogens with zero attached hydrogens (tertiary/aromatic N) is 1. The largest absolute Gasteiger partial charge is 0.479 e. The van der Waals surface area contributed by atoms with Gasteiger partial charge in [-0.25, -0.2) is 4.79 Å². The highest BCUT2D eigenvalue weighted by Gasteiger charge is 2.44. The molecule has 0 aromatic heterocycles. The molecule has 1 aliphatic rings. The third-order valence-corrected chi connectivity index (χ3v) is 4.18. The number of rotatable bonds is 3. The van der Waals surface area contributed by atoms with Crippen LogP contribution in [0.25, 0.3) is 0 Å². The summed E-state index contributed by atoms with van der Waals surface area (Å²) in [4.78, 5) is 23.8. The van der Waals surface area contributed by atoms with Gasteiger partial charge in [-0.05, 0) is 36.1 Å². The molecular weight excluding hydrogens is 298 g/mol. The van der Waals surface area contributed by atoms with Crippen molar-refractivity contribution in [3.05, 3.63) is 33.8 Å². The first-order valence-corrected chi connectivity index (χ1v) is 6.48. The molecule has 0 saturated carbocycles. The second kappa shape index (κ2) is 4.72. The molecule has 4 nitrogen and oxygen atoms in total. The Morgan fingerprint density at radius 2 is 2.22 bits per heavy atom. The highest BCUT2D eigenvalue weighted by Crippen LogP contribution is 2.33. The average Bonchev–Trinajstić information content (AvgIpc) is 2.36. The third kappa shape index (κ3) is 2.03. The van der Waals surface area contributed by atoms with Crippen LogP contribution in [-0.4, -0.2) is 35.0 Å². The van der Waals surface area contributed by atoms with Gasteiger partial charge in [0.25, 0.3) is 0 Å². The molecule has 0 radical (unpaired) electrons. The van der Waals surface area contributed by atoms with E-state index in [0.717, 1.165) is 15.6 Å². The maximum atomic E-state index is 11.5. The first-order chi connectivity index (χ1) is 8.49. The molecule has 2 rings (SSSR count). The van der Waals surface area contributed by atoms with Crippen LogP contribution in [-0.2, 0) is 22.4 Å². The summed E-state index contributed by atoms with van der Waals surface area (Å²) in [5, 5.41) is 9.46. The SMILES string of the molecule is CN(C=O)C1(C(=O)O)CCc2cc(Br)ccc2C1. The van der Waals surface area contributed by atoms with E-state index in [9.17, 15) is 14.7 Å². The Labute approximate surface area is 114 Å². The number of benzene rings is 1. The number of hydrogen-bond acceptors (Lipinski definition) is 2. The second-order valence-electron chi connectivity index (χ2n) is 4.64. The quantitative estimate of drug-likeness (QED) is 0.867. The van der Waals surface area contributed by atoms with E-state index >= 15 is 0 Å². The number of amides is 1. The van der Waals surface area contributed by atoms with Crippen molar-refractivity contribution < 1.29 is 14.7 Å². The predicted octanol–water partition coefficient (Wildman–Crippen LogP) is 1.85. The lowest BCUT2D eigenvalue weighted by Gasteiger charge is -2.39. The highest BCUT2D eigenvalue weighted by atomic mass is 79.9. The molecule has 1 atom stereocenters. The van der Waals surface area contributed by atoms with Gasteiger partial charge in [0.1, 0.15) is 5.54 Å². The maximum absolute atomic E-state index is 11.5. The average molecular weight is 312 g/mol. The molecule has 1 aromatic rings. The van der Waals surface area contributed by atoms with Gasteiger partial charge in [-0.2, -0.15) is 0 Å². The number of aliphatic carboxylic acids is 1. The van der Waals surface area contributed by atoms with Gasteiger partial charge in [-0.3, -0.25) is 4.79 Å². The molecule has 0 fully saturated rings. The fraction of sp³-hybridized carbons (Fsp3) is 0.385. The summed E-state index contributed by atoms with van der Waals surface area (Å²) in [7, 11) is 1.53. The Hall–Kier alpha value is -1.36. The molecule has 1 N–H and O–H groups in total. The van der Waals surface area contributed by atoms with Crippen molar-refractivity contribution in [1.82, 2.24) is 4.90 Å². The van der Waals surface area contributed by atoms with Crippen molar-refractivity contribution in [3.63, 3.8) is 0 Å². The van der Waals surface area contributed by atoms with Crippen molar-refractivity contribution in [3.8, 4) is 0 Å². The summed E-state index contributed by atoms with van der Waals surface area (Å²) in [5.41, 5.74) is 1.05. The molecule has 0 heterocycles. The smallest absolute Gasteiger partial charge is 0.329 e. The summed E-state index contributed by atoms with van der Waals surface area (Å²) < 4.78 is 0.993. The van der Waals surface area contributed by atoms with Crippen molar-refractivity contribution in [2.75, 3.05) is 7.05 Å². The van der Waals surface area contributed by atoms with E-state index in [1.165, 1.54) is 11.9 Å². The van der Waals surface area contributed by atoms with E-state index in [2.05, 4.69) is 15.9 Å². The summed E-state index contributed by atoms with van der Waals surface area (Å²) >= 11 is 3.41. The third-order valence-electron chi connectivity index (χ3n) is 3.69. The van der Waals surface area contributed by atoms with Gasteiger partial charge in [0.15, 0.2) is 0 Å². The molecule has 0 saturated heterocycles. The van der Waals surface area contributed by atoms with Crippen molar-refractivity contribution in [2.45, 2.75) is 24.8 Å². The van der Waals surface area contributed by atoms with Crippen LogP contribution in [0, 0.1) is 0 Å². The normalized spacial score (nSPS) is 22.1. The van der Waals surface area contributed by atoms with E-state index in [1.54, 1.807) is 0 Å². The fourth-order valence-corrected chi connectivity index (χ4v) is 2.89. The first-order valence-electron chi connectivity index (χ1n) is 5.68. The van der Waals surface area contributed by atoms with Gasteiger partial charge < -0.3 is 10.0 Å². The van der Waals surface area contributed by atoms with Crippen LogP contribution in [0.2, 0.25) is 0 Å². The molecule has 1 aromatic carbocycles. The van der Waals surface area contributed by atoms with Crippen LogP contribution in [0.1, 0.15) is 17.5 Å². The van der Waals surface area contributed by atoms with Gasteiger partial charge in [-0.1, -0.05) is 22.0 Å². The molecule has 1 unspecified atom stereocenters. The van der Waals surface area contributed by atoms with E-state index < -0.39 is 11.5 Å². The zero-order valence-electron chi connectivity index (χ0n) is 10.0. The topological polar surface area (TPSA) is 57.6 Å². The lowest BCUT2D eigenvalue weighted by molar-refractivity contribution is -0.154. The molecule has 0 aliphatic heterocycles. The first kappa shape index (κ1) is 13.1. The number of carboxylic acids is 1. The highest BCUT2D eigenvalue weighted by molar-refractivity contribution is 9.10. The fourth-order valence-electron chi connectivity index (χ4n) is 2.48. The van der Waals surface area contributed by atoms with Crippen LogP contribution < -0.4 is 0 Å². The number of aryl methyl sites for hydroxylation is 1. The van der Waals surface area contributed by atoms with Gasteiger partial charge in [0, 0.05) is 17.9 Å². The van der Waals surface area contributed by atoms with E-state index in [0.29, 0.717) is 25.7 Å². The molecular formula is C13H14BrNO3. The van der Waals surface area contributed by atoms with Crippen molar-refractivity contribution in [1.29, 1.82) is 0 Å². The molecule has 96 valence electrons. The predicted molar refractivity (Wildman–Crippen MR) is 70.4 cm³/mol. The van der Waals surface area contributed by atoms with Gasteiger partial charge in [0.2, 0.25) is 6.41 Å². The Bertz CT molecular complexity index is 503. The number of carboxylic acid groups (broad SMARTS) is 1. The van der Waals surface area contributed by atoms with Crippen LogP contribution in [0.5, 0.6) is 0 Å². The lowest BCUT2D eigenvalue weighted by Crippen LogP contribution is -2.55. The van der Waals surface area contributed by atoms with Gasteiger partial charge in [0.05, 0.1) is 0 Å². The summed E-state index contributed by atoms with van der Waals surface area (Å²) in [5.74, 6) is -0.939. The molecule has 0 bridgehead atoms. The summed E-state index contributed by atoms with van der Waals surface area (Å²) in [6.45, 7) is 0. The van der Waals surface area contributed by atoms with Crippen LogP contribution >= 0.6 is 15.9 Å². The second-order valence-corrected chi connectivity index (χ2v) is 5.56. The number of halogens is 1. The Morgan fingerprint density at radius 1 is 1.50 bits per heavy atom. The van der Waals surface area contributed by atoms with E-state index in [4.69, 9.17) is 0 Å². The van der Waals surface area contributed by atoms with Crippen LogP contribution in [0.4, 0.5) is 0 Å². The van der Waals surface area contributed by atoms with Gasteiger partial charge >= 0.3 is 5.97 Å². The van der Waals surface area contributed by atoms with Crippen LogP contribution in [0.3, 0.4) is 0 Å². The minimum absolute atomic E-state index is 0.361. The van der Waals surface area contributed by atoms with Crippen molar-refractivity contribution in [2.24, 2.45) is 0 Å². The van der Waals surface area contributed by atoms with Crippen LogP contribution in [0.15, 0.2) is 22.7 Å². The minimum Gasteiger partial charge on any atom is -0.479 e. The zero-order chi connectivity index (χ0) is 13.3. The molecule has 0 spiro atoms. The number of fused-ring (bicyclic) bond motifs is 1. The van der Waals surface area contributed by atoms with E-state index in [-0.39, 0.29) is 0 Å². The van der Waals surface area contributed by atoms with Crippen molar-refractivity contribution >= 4 is 28.3 Å². The minimum atomic E-state index is -1.11. The monoisotopic (exact) mass is 311 g/mol. The Kier molecular flexibility index (Phi) is 3.43. The zero-order valence-corrected chi connectivity index (χ0v) is 11.6. The summed E-state index contributed by atoms with van der Waals surface area (Å²) in [6, 6.07) is 5.84.